The van der Waals surface area contributed by atoms with Crippen LogP contribution in [0.5, 0.6) is 0 Å². The highest BCUT2D eigenvalue weighted by molar-refractivity contribution is 6.00. The molecule has 0 aliphatic carbocycles. The Labute approximate surface area is 191 Å². The molecule has 7 heteroatoms. The van der Waals surface area contributed by atoms with E-state index >= 15 is 0 Å². The smallest absolute Gasteiger partial charge is 0.255 e. The number of carbonyl (C=O) groups excluding carboxylic acids is 1. The number of carbonyl (C=O) groups is 1. The maximum Gasteiger partial charge on any atom is 0.255 e. The van der Waals surface area contributed by atoms with Crippen LogP contribution >= 0.6 is 0 Å². The largest absolute Gasteiger partial charge is 0.348 e. The van der Waals surface area contributed by atoms with Gasteiger partial charge in [0.05, 0.1) is 11.3 Å². The van der Waals surface area contributed by atoms with E-state index in [2.05, 4.69) is 15.4 Å². The zero-order valence-electron chi connectivity index (χ0n) is 18.1. The number of hydrogen-bond donors (Lipinski definition) is 1. The lowest BCUT2D eigenvalue weighted by atomic mass is 10.0. The van der Waals surface area contributed by atoms with Crippen LogP contribution in [0.25, 0.3) is 22.8 Å². The van der Waals surface area contributed by atoms with Gasteiger partial charge in [-0.2, -0.15) is 10.2 Å². The first-order chi connectivity index (χ1) is 16.2. The number of rotatable bonds is 6. The van der Waals surface area contributed by atoms with Crippen molar-refractivity contribution in [1.82, 2.24) is 29.9 Å². The second-order valence-electron chi connectivity index (χ2n) is 7.61. The molecule has 0 saturated heterocycles. The highest BCUT2D eigenvalue weighted by Crippen LogP contribution is 2.27. The van der Waals surface area contributed by atoms with Crippen LogP contribution in [-0.2, 0) is 6.54 Å². The molecule has 5 aromatic rings. The molecule has 3 aromatic heterocycles. The summed E-state index contributed by atoms with van der Waals surface area (Å²) >= 11 is 0. The monoisotopic (exact) mass is 434 g/mol. The van der Waals surface area contributed by atoms with Crippen molar-refractivity contribution in [3.63, 3.8) is 0 Å². The molecular formula is C26H22N6O. The van der Waals surface area contributed by atoms with E-state index < -0.39 is 0 Å². The maximum atomic E-state index is 13.4. The standard InChI is InChI=1S/C26H22N6O/c1-19-9-5-6-13-22(19)24-23(18-32(30-24)21-11-3-2-4-12-21)26(33)28-17-20-10-7-14-27-25(20)31-16-8-15-29-31/h2-16,18H,17H2,1H3,(H,28,33). The Hall–Kier alpha value is -4.52. The summed E-state index contributed by atoms with van der Waals surface area (Å²) in [5.74, 6) is 0.479. The molecule has 0 radical (unpaired) electrons. The molecule has 0 spiro atoms. The number of pyridine rings is 1. The normalized spacial score (nSPS) is 10.8. The summed E-state index contributed by atoms with van der Waals surface area (Å²) in [6.45, 7) is 2.33. The van der Waals surface area contributed by atoms with E-state index in [0.29, 0.717) is 23.6 Å². The minimum Gasteiger partial charge on any atom is -0.348 e. The van der Waals surface area contributed by atoms with Crippen LogP contribution in [0.3, 0.4) is 0 Å². The summed E-state index contributed by atoms with van der Waals surface area (Å²) in [7, 11) is 0. The zero-order chi connectivity index (χ0) is 22.6. The number of amides is 1. The lowest BCUT2D eigenvalue weighted by molar-refractivity contribution is 0.0951. The molecule has 33 heavy (non-hydrogen) atoms. The minimum atomic E-state index is -0.203. The summed E-state index contributed by atoms with van der Waals surface area (Å²) in [5, 5.41) is 12.1. The first kappa shape index (κ1) is 20.4. The molecule has 0 fully saturated rings. The molecule has 0 atom stereocenters. The van der Waals surface area contributed by atoms with Crippen LogP contribution in [0, 0.1) is 6.92 Å². The van der Waals surface area contributed by atoms with Crippen molar-refractivity contribution in [2.45, 2.75) is 13.5 Å². The van der Waals surface area contributed by atoms with Crippen molar-refractivity contribution in [2.24, 2.45) is 0 Å². The van der Waals surface area contributed by atoms with Crippen molar-refractivity contribution in [3.8, 4) is 22.8 Å². The van der Waals surface area contributed by atoms with E-state index in [1.165, 1.54) is 0 Å². The summed E-state index contributed by atoms with van der Waals surface area (Å²) in [6, 6.07) is 23.3. The molecule has 1 amide bonds. The number of aromatic nitrogens is 5. The average Bonchev–Trinajstić information content (AvgIpc) is 3.54. The fourth-order valence-electron chi connectivity index (χ4n) is 3.73. The number of para-hydroxylation sites is 1. The van der Waals surface area contributed by atoms with Crippen molar-refractivity contribution in [3.05, 3.63) is 114 Å². The van der Waals surface area contributed by atoms with Crippen molar-refractivity contribution < 1.29 is 4.79 Å². The summed E-state index contributed by atoms with van der Waals surface area (Å²) in [5.41, 5.74) is 4.89. The van der Waals surface area contributed by atoms with E-state index in [1.54, 1.807) is 28.0 Å². The molecule has 2 aromatic carbocycles. The second-order valence-corrected chi connectivity index (χ2v) is 7.61. The van der Waals surface area contributed by atoms with Gasteiger partial charge < -0.3 is 5.32 Å². The Morgan fingerprint density at radius 3 is 2.52 bits per heavy atom. The number of hydrogen-bond acceptors (Lipinski definition) is 4. The van der Waals surface area contributed by atoms with Crippen molar-refractivity contribution in [1.29, 1.82) is 0 Å². The Kier molecular flexibility index (Phi) is 5.51. The van der Waals surface area contributed by atoms with Crippen LogP contribution in [0.2, 0.25) is 0 Å². The van der Waals surface area contributed by atoms with Crippen molar-refractivity contribution in [2.75, 3.05) is 0 Å². The third kappa shape index (κ3) is 4.16. The molecular weight excluding hydrogens is 412 g/mol. The van der Waals surface area contributed by atoms with Crippen LogP contribution in [-0.4, -0.2) is 30.5 Å². The predicted molar refractivity (Wildman–Crippen MR) is 126 cm³/mol. The molecule has 7 nitrogen and oxygen atoms in total. The van der Waals surface area contributed by atoms with E-state index in [1.807, 2.05) is 85.9 Å². The second kappa shape index (κ2) is 8.92. The number of nitrogens with zero attached hydrogens (tertiary/aromatic N) is 5. The number of nitrogens with one attached hydrogen (secondary N) is 1. The topological polar surface area (TPSA) is 77.6 Å². The maximum absolute atomic E-state index is 13.4. The fraction of sp³-hybridized carbons (Fsp3) is 0.0769. The molecule has 0 aliphatic rings. The zero-order valence-corrected chi connectivity index (χ0v) is 18.1. The Balaban J connectivity index is 1.48. The number of aryl methyl sites for hydroxylation is 1. The van der Waals surface area contributed by atoms with Gasteiger partial charge in [-0.05, 0) is 36.8 Å². The van der Waals surface area contributed by atoms with E-state index in [9.17, 15) is 4.79 Å². The molecule has 5 rings (SSSR count). The van der Waals surface area contributed by atoms with Gasteiger partial charge in [-0.3, -0.25) is 4.79 Å². The Bertz CT molecular complexity index is 1390. The summed E-state index contributed by atoms with van der Waals surface area (Å²) < 4.78 is 3.43. The Morgan fingerprint density at radius 1 is 0.909 bits per heavy atom. The van der Waals surface area contributed by atoms with E-state index in [-0.39, 0.29) is 5.91 Å². The molecule has 1 N–H and O–H groups in total. The van der Waals surface area contributed by atoms with Crippen LogP contribution in [0.1, 0.15) is 21.5 Å². The lowest BCUT2D eigenvalue weighted by Crippen LogP contribution is -2.24. The van der Waals surface area contributed by atoms with E-state index in [0.717, 1.165) is 22.4 Å². The van der Waals surface area contributed by atoms with Crippen LogP contribution < -0.4 is 5.32 Å². The molecule has 0 unspecified atom stereocenters. The lowest BCUT2D eigenvalue weighted by Gasteiger charge is -2.10. The third-order valence-corrected chi connectivity index (χ3v) is 5.41. The van der Waals surface area contributed by atoms with Gasteiger partial charge in [-0.15, -0.1) is 0 Å². The van der Waals surface area contributed by atoms with Crippen molar-refractivity contribution >= 4 is 5.91 Å². The Morgan fingerprint density at radius 2 is 1.73 bits per heavy atom. The van der Waals surface area contributed by atoms with Gasteiger partial charge >= 0.3 is 0 Å². The van der Waals surface area contributed by atoms with Gasteiger partial charge in [0.15, 0.2) is 5.82 Å². The molecule has 0 saturated carbocycles. The quantitative estimate of drug-likeness (QED) is 0.431. The average molecular weight is 435 g/mol. The van der Waals surface area contributed by atoms with Gasteiger partial charge in [0, 0.05) is 42.5 Å². The molecule has 162 valence electrons. The number of benzene rings is 2. The van der Waals surface area contributed by atoms with Gasteiger partial charge in [0.1, 0.15) is 5.69 Å². The van der Waals surface area contributed by atoms with Gasteiger partial charge in [-0.25, -0.2) is 14.3 Å². The summed E-state index contributed by atoms with van der Waals surface area (Å²) in [6.07, 6.45) is 7.02. The minimum absolute atomic E-state index is 0.203. The first-order valence-electron chi connectivity index (χ1n) is 10.6. The molecule has 3 heterocycles. The fourth-order valence-corrected chi connectivity index (χ4v) is 3.73. The van der Waals surface area contributed by atoms with Crippen LogP contribution in [0.4, 0.5) is 0 Å². The van der Waals surface area contributed by atoms with Gasteiger partial charge in [0.25, 0.3) is 5.91 Å². The molecule has 0 bridgehead atoms. The predicted octanol–water partition coefficient (Wildman–Crippen LogP) is 4.36. The highest BCUT2D eigenvalue weighted by atomic mass is 16.1. The summed E-state index contributed by atoms with van der Waals surface area (Å²) in [4.78, 5) is 17.8. The highest BCUT2D eigenvalue weighted by Gasteiger charge is 2.20. The SMILES string of the molecule is Cc1ccccc1-c1nn(-c2ccccc2)cc1C(=O)NCc1cccnc1-n1cccn1. The van der Waals surface area contributed by atoms with Gasteiger partial charge in [-0.1, -0.05) is 48.5 Å². The third-order valence-electron chi connectivity index (χ3n) is 5.41. The molecule has 0 aliphatic heterocycles. The van der Waals surface area contributed by atoms with Gasteiger partial charge in [0.2, 0.25) is 0 Å². The van der Waals surface area contributed by atoms with Crippen LogP contribution in [0.15, 0.2) is 97.6 Å². The first-order valence-corrected chi connectivity index (χ1v) is 10.6. The van der Waals surface area contributed by atoms with E-state index in [4.69, 9.17) is 5.10 Å².